The van der Waals surface area contributed by atoms with Crippen LogP contribution in [0.4, 0.5) is 13.2 Å². The van der Waals surface area contributed by atoms with E-state index in [4.69, 9.17) is 0 Å². The number of hydrogen-bond donors (Lipinski definition) is 1. The van der Waals surface area contributed by atoms with Crippen LogP contribution in [0, 0.1) is 0 Å². The second-order valence-electron chi connectivity index (χ2n) is 3.72. The number of benzene rings is 1. The SMILES string of the molecule is O=C1CSCC(c2ccccc2C(F)(F)F)N1. The molecule has 1 fully saturated rings. The van der Waals surface area contributed by atoms with Crippen LogP contribution in [0.15, 0.2) is 24.3 Å². The molecule has 0 bridgehead atoms. The van der Waals surface area contributed by atoms with Crippen molar-refractivity contribution >= 4 is 17.7 Å². The normalized spacial score (nSPS) is 21.1. The van der Waals surface area contributed by atoms with Crippen molar-refractivity contribution in [1.29, 1.82) is 0 Å². The summed E-state index contributed by atoms with van der Waals surface area (Å²) in [5, 5.41) is 2.59. The summed E-state index contributed by atoms with van der Waals surface area (Å²) in [4.78, 5) is 11.2. The van der Waals surface area contributed by atoms with Gasteiger partial charge in [-0.05, 0) is 11.6 Å². The smallest absolute Gasteiger partial charge is 0.348 e. The summed E-state index contributed by atoms with van der Waals surface area (Å²) in [6.07, 6.45) is -4.39. The molecule has 1 aliphatic rings. The minimum absolute atomic E-state index is 0.139. The van der Waals surface area contributed by atoms with Gasteiger partial charge in [-0.15, -0.1) is 11.8 Å². The third-order valence-electron chi connectivity index (χ3n) is 2.49. The molecule has 1 unspecified atom stereocenters. The molecule has 1 saturated heterocycles. The number of thioether (sulfide) groups is 1. The largest absolute Gasteiger partial charge is 0.416 e. The molecule has 17 heavy (non-hydrogen) atoms. The van der Waals surface area contributed by atoms with Crippen molar-refractivity contribution in [3.05, 3.63) is 35.4 Å². The molecule has 1 aliphatic heterocycles. The van der Waals surface area contributed by atoms with E-state index in [1.54, 1.807) is 6.07 Å². The number of nitrogens with one attached hydrogen (secondary N) is 1. The van der Waals surface area contributed by atoms with Gasteiger partial charge < -0.3 is 5.32 Å². The van der Waals surface area contributed by atoms with E-state index in [1.165, 1.54) is 23.9 Å². The van der Waals surface area contributed by atoms with Crippen molar-refractivity contribution in [2.45, 2.75) is 12.2 Å². The highest BCUT2D eigenvalue weighted by Crippen LogP contribution is 2.36. The van der Waals surface area contributed by atoms with Gasteiger partial charge >= 0.3 is 6.18 Å². The van der Waals surface area contributed by atoms with Crippen molar-refractivity contribution in [2.24, 2.45) is 0 Å². The number of rotatable bonds is 1. The summed E-state index contributed by atoms with van der Waals surface area (Å²) in [7, 11) is 0. The Kier molecular flexibility index (Phi) is 3.33. The molecular formula is C11H10F3NOS. The van der Waals surface area contributed by atoms with Gasteiger partial charge in [-0.3, -0.25) is 4.79 Å². The Morgan fingerprint density at radius 1 is 1.29 bits per heavy atom. The van der Waals surface area contributed by atoms with Gasteiger partial charge in [-0.25, -0.2) is 0 Å². The molecule has 1 heterocycles. The third-order valence-corrected chi connectivity index (χ3v) is 3.53. The van der Waals surface area contributed by atoms with E-state index < -0.39 is 17.8 Å². The second kappa shape index (κ2) is 4.60. The number of halogens is 3. The zero-order valence-electron chi connectivity index (χ0n) is 8.75. The molecule has 1 N–H and O–H groups in total. The van der Waals surface area contributed by atoms with Gasteiger partial charge in [0.15, 0.2) is 0 Å². The lowest BCUT2D eigenvalue weighted by Crippen LogP contribution is -2.36. The molecule has 1 amide bonds. The summed E-state index contributed by atoms with van der Waals surface area (Å²) >= 11 is 1.35. The first-order valence-corrected chi connectivity index (χ1v) is 6.17. The van der Waals surface area contributed by atoms with Crippen molar-refractivity contribution < 1.29 is 18.0 Å². The van der Waals surface area contributed by atoms with Gasteiger partial charge in [0.05, 0.1) is 17.4 Å². The molecule has 2 rings (SSSR count). The van der Waals surface area contributed by atoms with E-state index in [0.29, 0.717) is 11.5 Å². The fourth-order valence-corrected chi connectivity index (χ4v) is 2.66. The number of alkyl halides is 3. The maximum Gasteiger partial charge on any atom is 0.416 e. The molecular weight excluding hydrogens is 251 g/mol. The van der Waals surface area contributed by atoms with Crippen molar-refractivity contribution in [1.82, 2.24) is 5.32 Å². The molecule has 0 saturated carbocycles. The lowest BCUT2D eigenvalue weighted by Gasteiger charge is -2.25. The predicted molar refractivity (Wildman–Crippen MR) is 59.7 cm³/mol. The van der Waals surface area contributed by atoms with Crippen molar-refractivity contribution in [2.75, 3.05) is 11.5 Å². The average molecular weight is 261 g/mol. The topological polar surface area (TPSA) is 29.1 Å². The minimum Gasteiger partial charge on any atom is -0.348 e. The Morgan fingerprint density at radius 2 is 2.00 bits per heavy atom. The second-order valence-corrected chi connectivity index (χ2v) is 4.75. The molecule has 0 radical (unpaired) electrons. The Morgan fingerprint density at radius 3 is 2.65 bits per heavy atom. The number of hydrogen-bond acceptors (Lipinski definition) is 2. The average Bonchev–Trinajstić information content (AvgIpc) is 2.28. The van der Waals surface area contributed by atoms with Crippen LogP contribution in [-0.2, 0) is 11.0 Å². The highest BCUT2D eigenvalue weighted by Gasteiger charge is 2.35. The Labute approximate surface area is 101 Å². The first kappa shape index (κ1) is 12.3. The van der Waals surface area contributed by atoms with Crippen LogP contribution in [0.2, 0.25) is 0 Å². The molecule has 0 spiro atoms. The first-order valence-electron chi connectivity index (χ1n) is 5.01. The number of amides is 1. The van der Waals surface area contributed by atoms with Crippen molar-refractivity contribution in [3.63, 3.8) is 0 Å². The zero-order chi connectivity index (χ0) is 12.5. The lowest BCUT2D eigenvalue weighted by atomic mass is 10.0. The lowest BCUT2D eigenvalue weighted by molar-refractivity contribution is -0.138. The monoisotopic (exact) mass is 261 g/mol. The third kappa shape index (κ3) is 2.74. The molecule has 0 aliphatic carbocycles. The summed E-state index contributed by atoms with van der Waals surface area (Å²) in [6.45, 7) is 0. The Balaban J connectivity index is 2.34. The quantitative estimate of drug-likeness (QED) is 0.842. The van der Waals surface area contributed by atoms with Crippen LogP contribution < -0.4 is 5.32 Å². The fraction of sp³-hybridized carbons (Fsp3) is 0.364. The Hall–Kier alpha value is -1.17. The van der Waals surface area contributed by atoms with E-state index in [-0.39, 0.29) is 11.5 Å². The standard InChI is InChI=1S/C11H10F3NOS/c12-11(13,14)8-4-2-1-3-7(8)9-5-17-6-10(16)15-9/h1-4,9H,5-6H2,(H,15,16). The van der Waals surface area contributed by atoms with Gasteiger partial charge in [-0.1, -0.05) is 18.2 Å². The first-order chi connectivity index (χ1) is 7.98. The maximum atomic E-state index is 12.8. The van der Waals surface area contributed by atoms with Crippen LogP contribution in [0.1, 0.15) is 17.2 Å². The summed E-state index contributed by atoms with van der Waals surface area (Å²) in [5.41, 5.74) is -0.534. The van der Waals surface area contributed by atoms with Crippen LogP contribution in [0.25, 0.3) is 0 Å². The maximum absolute atomic E-state index is 12.8. The van der Waals surface area contributed by atoms with Crippen LogP contribution in [0.5, 0.6) is 0 Å². The molecule has 1 aromatic carbocycles. The molecule has 6 heteroatoms. The number of carbonyl (C=O) groups excluding carboxylic acids is 1. The van der Waals surface area contributed by atoms with E-state index in [9.17, 15) is 18.0 Å². The molecule has 0 aromatic heterocycles. The van der Waals surface area contributed by atoms with Gasteiger partial charge in [0.1, 0.15) is 0 Å². The summed E-state index contributed by atoms with van der Waals surface area (Å²) in [6, 6.07) is 4.81. The minimum atomic E-state index is -4.39. The summed E-state index contributed by atoms with van der Waals surface area (Å²) in [5.74, 6) is 0.562. The predicted octanol–water partition coefficient (Wildman–Crippen LogP) is 2.61. The van der Waals surface area contributed by atoms with Gasteiger partial charge in [0.25, 0.3) is 0 Å². The molecule has 1 aromatic rings. The zero-order valence-corrected chi connectivity index (χ0v) is 9.57. The number of carbonyl (C=O) groups is 1. The molecule has 2 nitrogen and oxygen atoms in total. The van der Waals surface area contributed by atoms with Crippen LogP contribution in [-0.4, -0.2) is 17.4 Å². The summed E-state index contributed by atoms with van der Waals surface area (Å²) < 4.78 is 38.3. The van der Waals surface area contributed by atoms with Crippen LogP contribution in [0.3, 0.4) is 0 Å². The van der Waals surface area contributed by atoms with Crippen LogP contribution >= 0.6 is 11.8 Å². The molecule has 92 valence electrons. The van der Waals surface area contributed by atoms with E-state index >= 15 is 0 Å². The van der Waals surface area contributed by atoms with Crippen molar-refractivity contribution in [3.8, 4) is 0 Å². The van der Waals surface area contributed by atoms with Gasteiger partial charge in [0.2, 0.25) is 5.91 Å². The highest BCUT2D eigenvalue weighted by molar-refractivity contribution is 8.00. The highest BCUT2D eigenvalue weighted by atomic mass is 32.2. The fourth-order valence-electron chi connectivity index (χ4n) is 1.77. The van der Waals surface area contributed by atoms with E-state index in [0.717, 1.165) is 6.07 Å². The Bertz CT molecular complexity index is 433. The van der Waals surface area contributed by atoms with E-state index in [1.807, 2.05) is 0 Å². The molecule has 1 atom stereocenters. The van der Waals surface area contributed by atoms with Gasteiger partial charge in [-0.2, -0.15) is 13.2 Å². The van der Waals surface area contributed by atoms with Gasteiger partial charge in [0, 0.05) is 5.75 Å². The van der Waals surface area contributed by atoms with E-state index in [2.05, 4.69) is 5.32 Å².